The average molecular weight is 537 g/mol. The molecule has 0 N–H and O–H groups in total. The fourth-order valence-corrected chi connectivity index (χ4v) is 6.11. The van der Waals surface area contributed by atoms with Gasteiger partial charge in [0.15, 0.2) is 0 Å². The zero-order valence-electron chi connectivity index (χ0n) is 19.2. The van der Waals surface area contributed by atoms with Gasteiger partial charge in [0.05, 0.1) is 13.1 Å². The van der Waals surface area contributed by atoms with Crippen LogP contribution in [-0.2, 0) is 4.79 Å². The predicted molar refractivity (Wildman–Crippen MR) is 140 cm³/mol. The number of hydrogen-bond acceptors (Lipinski definition) is 1. The highest BCUT2D eigenvalue weighted by Crippen LogP contribution is 2.51. The lowest BCUT2D eigenvalue weighted by molar-refractivity contribution is -0.129. The Morgan fingerprint density at radius 1 is 0.943 bits per heavy atom. The van der Waals surface area contributed by atoms with Gasteiger partial charge in [-0.15, -0.1) is 0 Å². The Morgan fingerprint density at radius 3 is 2.31 bits per heavy atom. The minimum atomic E-state index is -0.983. The SMILES string of the molecule is CF.O=C1C2C=CC(c3ccc(Cl)cc3Cl)C(c3ccc(Cl)cc3)C2CN1CC1=CC=CC(F)C1. The minimum absolute atomic E-state index is 0.00278. The second-order valence-electron chi connectivity index (χ2n) is 8.99. The van der Waals surface area contributed by atoms with E-state index in [0.29, 0.717) is 41.8 Å². The lowest BCUT2D eigenvalue weighted by atomic mass is 9.67. The fourth-order valence-electron chi connectivity index (χ4n) is 5.45. The molecule has 2 aromatic rings. The van der Waals surface area contributed by atoms with Crippen molar-refractivity contribution in [2.24, 2.45) is 11.8 Å². The maximum Gasteiger partial charge on any atom is 0.230 e. The van der Waals surface area contributed by atoms with E-state index in [9.17, 15) is 13.6 Å². The Morgan fingerprint density at radius 2 is 1.63 bits per heavy atom. The molecule has 5 atom stereocenters. The van der Waals surface area contributed by atoms with Crippen LogP contribution in [-0.4, -0.2) is 37.2 Å². The largest absolute Gasteiger partial charge is 0.338 e. The molecule has 5 unspecified atom stereocenters. The smallest absolute Gasteiger partial charge is 0.230 e. The number of likely N-dealkylation sites (tertiary alicyclic amines) is 1. The van der Waals surface area contributed by atoms with Gasteiger partial charge in [-0.05, 0) is 52.8 Å². The first-order valence-electron chi connectivity index (χ1n) is 11.5. The van der Waals surface area contributed by atoms with Crippen molar-refractivity contribution in [1.29, 1.82) is 0 Å². The molecule has 1 heterocycles. The first-order valence-corrected chi connectivity index (χ1v) is 12.6. The summed E-state index contributed by atoms with van der Waals surface area (Å²) in [5, 5.41) is 1.88. The molecule has 1 amide bonds. The third-order valence-corrected chi connectivity index (χ3v) is 7.76. The van der Waals surface area contributed by atoms with Crippen molar-refractivity contribution in [3.63, 3.8) is 0 Å². The molecule has 3 aliphatic rings. The number of carbonyl (C=O) groups is 1. The summed E-state index contributed by atoms with van der Waals surface area (Å²) in [6.45, 7) is 1.07. The van der Waals surface area contributed by atoms with E-state index in [4.69, 9.17) is 34.8 Å². The summed E-state index contributed by atoms with van der Waals surface area (Å²) >= 11 is 18.9. The van der Waals surface area contributed by atoms with Gasteiger partial charge in [-0.2, -0.15) is 0 Å². The monoisotopic (exact) mass is 535 g/mol. The molecule has 1 fully saturated rings. The van der Waals surface area contributed by atoms with Crippen molar-refractivity contribution in [1.82, 2.24) is 4.90 Å². The molecule has 2 nitrogen and oxygen atoms in total. The highest BCUT2D eigenvalue weighted by Gasteiger charge is 2.48. The topological polar surface area (TPSA) is 20.3 Å². The molecule has 0 radical (unpaired) electrons. The molecule has 1 aliphatic heterocycles. The van der Waals surface area contributed by atoms with Gasteiger partial charge in [0, 0.05) is 40.5 Å². The third-order valence-electron chi connectivity index (χ3n) is 6.94. The van der Waals surface area contributed by atoms with Crippen molar-refractivity contribution in [3.05, 3.63) is 105 Å². The van der Waals surface area contributed by atoms with Crippen LogP contribution in [0.15, 0.2) is 78.4 Å². The number of halogens is 5. The summed E-state index contributed by atoms with van der Waals surface area (Å²) in [6, 6.07) is 13.4. The van der Waals surface area contributed by atoms with Crippen LogP contribution in [0.4, 0.5) is 8.78 Å². The van der Waals surface area contributed by atoms with Crippen molar-refractivity contribution in [2.75, 3.05) is 20.3 Å². The molecule has 184 valence electrons. The summed E-state index contributed by atoms with van der Waals surface area (Å²) in [4.78, 5) is 15.2. The number of nitrogens with zero attached hydrogens (tertiary/aromatic N) is 1. The van der Waals surface area contributed by atoms with E-state index >= 15 is 0 Å². The van der Waals surface area contributed by atoms with Gasteiger partial charge in [-0.3, -0.25) is 9.18 Å². The van der Waals surface area contributed by atoms with Crippen molar-refractivity contribution >= 4 is 40.7 Å². The first kappa shape index (κ1) is 25.9. The molecule has 7 heteroatoms. The van der Waals surface area contributed by atoms with Crippen molar-refractivity contribution in [2.45, 2.75) is 24.4 Å². The lowest BCUT2D eigenvalue weighted by Gasteiger charge is -2.36. The van der Waals surface area contributed by atoms with Crippen LogP contribution < -0.4 is 0 Å². The maximum absolute atomic E-state index is 13.8. The molecule has 0 saturated carbocycles. The van der Waals surface area contributed by atoms with E-state index in [2.05, 4.69) is 6.08 Å². The van der Waals surface area contributed by atoms with Crippen molar-refractivity contribution in [3.8, 4) is 0 Å². The zero-order valence-corrected chi connectivity index (χ0v) is 21.4. The first-order chi connectivity index (χ1) is 16.9. The summed E-state index contributed by atoms with van der Waals surface area (Å²) in [6.07, 6.45) is 8.71. The van der Waals surface area contributed by atoms with E-state index in [-0.39, 0.29) is 29.6 Å². The second-order valence-corrected chi connectivity index (χ2v) is 10.3. The lowest BCUT2D eigenvalue weighted by Crippen LogP contribution is -2.29. The Labute approximate surface area is 219 Å². The van der Waals surface area contributed by atoms with Gasteiger partial charge in [0.2, 0.25) is 5.91 Å². The van der Waals surface area contributed by atoms with Crippen LogP contribution in [0.3, 0.4) is 0 Å². The molecule has 5 rings (SSSR count). The van der Waals surface area contributed by atoms with E-state index in [1.807, 2.05) is 53.5 Å². The Kier molecular flexibility index (Phi) is 8.36. The molecular weight excluding hydrogens is 511 g/mol. The Hall–Kier alpha value is -2.14. The van der Waals surface area contributed by atoms with Gasteiger partial charge in [0.1, 0.15) is 6.17 Å². The molecule has 0 spiro atoms. The van der Waals surface area contributed by atoms with Gasteiger partial charge >= 0.3 is 0 Å². The van der Waals surface area contributed by atoms with E-state index in [0.717, 1.165) is 16.7 Å². The zero-order chi connectivity index (χ0) is 25.1. The maximum atomic E-state index is 13.8. The van der Waals surface area contributed by atoms with Crippen LogP contribution in [0.2, 0.25) is 15.1 Å². The van der Waals surface area contributed by atoms with Crippen LogP contribution in [0.25, 0.3) is 0 Å². The molecule has 0 bridgehead atoms. The highest BCUT2D eigenvalue weighted by molar-refractivity contribution is 6.35. The number of allylic oxidation sites excluding steroid dienone is 4. The summed E-state index contributed by atoms with van der Waals surface area (Å²) in [5.41, 5.74) is 3.05. The number of fused-ring (bicyclic) bond motifs is 1. The summed E-state index contributed by atoms with van der Waals surface area (Å²) in [5.74, 6) is -0.00648. The van der Waals surface area contributed by atoms with Gasteiger partial charge in [0.25, 0.3) is 0 Å². The van der Waals surface area contributed by atoms with E-state index in [1.165, 1.54) is 0 Å². The molecular formula is C28H26Cl3F2NO. The molecule has 35 heavy (non-hydrogen) atoms. The number of alkyl halides is 2. The molecule has 2 aliphatic carbocycles. The normalized spacial score (nSPS) is 27.3. The fraction of sp³-hybridized carbons (Fsp3) is 0.321. The molecule has 1 saturated heterocycles. The van der Waals surface area contributed by atoms with E-state index < -0.39 is 6.17 Å². The highest BCUT2D eigenvalue weighted by atomic mass is 35.5. The van der Waals surface area contributed by atoms with Crippen LogP contribution in [0, 0.1) is 11.8 Å². The van der Waals surface area contributed by atoms with Gasteiger partial charge in [-0.25, -0.2) is 4.39 Å². The Bertz CT molecular complexity index is 1160. The summed E-state index contributed by atoms with van der Waals surface area (Å²) < 4.78 is 23.3. The van der Waals surface area contributed by atoms with Crippen LogP contribution in [0.5, 0.6) is 0 Å². The third kappa shape index (κ3) is 5.50. The number of carbonyl (C=O) groups excluding carboxylic acids is 1. The number of benzene rings is 2. The van der Waals surface area contributed by atoms with Gasteiger partial charge < -0.3 is 4.90 Å². The van der Waals surface area contributed by atoms with E-state index in [1.54, 1.807) is 18.2 Å². The molecule has 0 aromatic heterocycles. The van der Waals surface area contributed by atoms with Crippen molar-refractivity contribution < 1.29 is 13.6 Å². The van der Waals surface area contributed by atoms with Crippen LogP contribution in [0.1, 0.15) is 29.4 Å². The quantitative estimate of drug-likeness (QED) is 0.363. The second kappa shape index (κ2) is 11.3. The van der Waals surface area contributed by atoms with Gasteiger partial charge in [-0.1, -0.05) is 83.4 Å². The number of hydrogen-bond donors (Lipinski definition) is 0. The predicted octanol–water partition coefficient (Wildman–Crippen LogP) is 7.97. The number of rotatable bonds is 4. The Balaban J connectivity index is 0.00000141. The standard InChI is InChI=1S/C27H23Cl3FNO.CH3F/c28-18-6-4-17(5-7-18)26-22(21-9-8-19(29)13-25(21)30)10-11-23-24(26)15-32(27(23)33)14-16-2-1-3-20(31)12-16;1-2/h1-11,13,20,22-24,26H,12,14-15H2;1H3. The molecule has 2 aromatic carbocycles. The average Bonchev–Trinajstić information content (AvgIpc) is 3.16. The van der Waals surface area contributed by atoms with Crippen LogP contribution >= 0.6 is 34.8 Å². The minimum Gasteiger partial charge on any atom is -0.338 e. The summed E-state index contributed by atoms with van der Waals surface area (Å²) in [7, 11) is 0.500. The number of amides is 1.